The first-order valence-electron chi connectivity index (χ1n) is 10.8. The lowest BCUT2D eigenvalue weighted by atomic mass is 10.2. The molecular weight excluding hydrogens is 565 g/mol. The molecule has 200 valence electrons. The number of benzene rings is 2. The predicted octanol–water partition coefficient (Wildman–Crippen LogP) is 3.21. The van der Waals surface area contributed by atoms with E-state index in [0.717, 1.165) is 11.3 Å². The molecule has 0 aliphatic carbocycles. The number of halogens is 2. The Morgan fingerprint density at radius 3 is 2.22 bits per heavy atom. The van der Waals surface area contributed by atoms with E-state index in [1.807, 2.05) is 0 Å². The first-order chi connectivity index (χ1) is 17.6. The molecule has 0 fully saturated rings. The monoisotopic (exact) mass is 589 g/mol. The zero-order chi connectivity index (χ0) is 27.2. The Hall–Kier alpha value is -2.32. The van der Waals surface area contributed by atoms with Crippen molar-refractivity contribution >= 4 is 66.7 Å². The molecule has 37 heavy (non-hydrogen) atoms. The fourth-order valence-corrected chi connectivity index (χ4v) is 6.58. The van der Waals surface area contributed by atoms with Gasteiger partial charge in [0.1, 0.15) is 6.54 Å². The number of hydrogen-bond acceptors (Lipinski definition) is 8. The molecule has 1 aromatic heterocycles. The number of carbonyl (C=O) groups is 2. The summed E-state index contributed by atoms with van der Waals surface area (Å²) in [5.41, 5.74) is 0.646. The molecule has 0 spiro atoms. The van der Waals surface area contributed by atoms with Gasteiger partial charge in [-0.15, -0.1) is 0 Å². The third-order valence-corrected chi connectivity index (χ3v) is 8.68. The molecule has 0 N–H and O–H groups in total. The van der Waals surface area contributed by atoms with E-state index in [1.54, 1.807) is 6.07 Å². The van der Waals surface area contributed by atoms with E-state index >= 15 is 0 Å². The zero-order valence-electron chi connectivity index (χ0n) is 20.3. The molecule has 0 radical (unpaired) electrons. The summed E-state index contributed by atoms with van der Waals surface area (Å²) in [4.78, 5) is 29.4. The Labute approximate surface area is 228 Å². The highest BCUT2D eigenvalue weighted by molar-refractivity contribution is 7.89. The van der Waals surface area contributed by atoms with Crippen molar-refractivity contribution in [3.63, 3.8) is 0 Å². The molecular formula is C23H25Cl2N3O7S2. The summed E-state index contributed by atoms with van der Waals surface area (Å²) in [7, 11) is 0.374. The largest absolute Gasteiger partial charge is 0.468 e. The number of esters is 1. The summed E-state index contributed by atoms with van der Waals surface area (Å²) in [6.07, 6.45) is 0. The maximum atomic E-state index is 13.1. The Morgan fingerprint density at radius 2 is 1.65 bits per heavy atom. The van der Waals surface area contributed by atoms with Gasteiger partial charge in [-0.1, -0.05) is 34.5 Å². The minimum absolute atomic E-state index is 0.0142. The molecule has 0 unspecified atom stereocenters. The number of carbonyl (C=O) groups excluding carboxylic acids is 2. The van der Waals surface area contributed by atoms with Gasteiger partial charge in [0.2, 0.25) is 10.0 Å². The first kappa shape index (κ1) is 29.2. The highest BCUT2D eigenvalue weighted by atomic mass is 35.5. The summed E-state index contributed by atoms with van der Waals surface area (Å²) >= 11 is 13.6. The van der Waals surface area contributed by atoms with Gasteiger partial charge in [0, 0.05) is 37.9 Å². The number of nitrogens with zero attached hydrogens (tertiary/aromatic N) is 3. The molecule has 1 amide bonds. The van der Waals surface area contributed by atoms with Crippen molar-refractivity contribution in [2.45, 2.75) is 11.4 Å². The van der Waals surface area contributed by atoms with E-state index in [9.17, 15) is 18.0 Å². The van der Waals surface area contributed by atoms with E-state index in [2.05, 4.69) is 4.99 Å². The van der Waals surface area contributed by atoms with E-state index < -0.39 is 21.9 Å². The Kier molecular flexibility index (Phi) is 10.2. The van der Waals surface area contributed by atoms with Gasteiger partial charge in [0.25, 0.3) is 5.91 Å². The summed E-state index contributed by atoms with van der Waals surface area (Å²) in [5, 5.41) is 0.682. The molecule has 0 aliphatic rings. The summed E-state index contributed by atoms with van der Waals surface area (Å²) < 4.78 is 44.3. The summed E-state index contributed by atoms with van der Waals surface area (Å²) in [6, 6.07) is 8.63. The van der Waals surface area contributed by atoms with Crippen LogP contribution in [0.1, 0.15) is 10.4 Å². The summed E-state index contributed by atoms with van der Waals surface area (Å²) in [5.74, 6) is -1.19. The van der Waals surface area contributed by atoms with Crippen LogP contribution in [0.3, 0.4) is 0 Å². The fraction of sp³-hybridized carbons (Fsp3) is 0.348. The van der Waals surface area contributed by atoms with Gasteiger partial charge in [-0.2, -0.15) is 9.30 Å². The second-order valence-electron chi connectivity index (χ2n) is 7.61. The van der Waals surface area contributed by atoms with Crippen molar-refractivity contribution < 1.29 is 32.2 Å². The number of methoxy groups -OCH3 is 3. The van der Waals surface area contributed by atoms with E-state index in [-0.39, 0.29) is 53.1 Å². The highest BCUT2D eigenvalue weighted by Gasteiger charge is 2.24. The van der Waals surface area contributed by atoms with Gasteiger partial charge in [-0.3, -0.25) is 9.59 Å². The second-order valence-corrected chi connectivity index (χ2v) is 11.4. The molecule has 3 rings (SSSR count). The topological polar surface area (TPSA) is 116 Å². The lowest BCUT2D eigenvalue weighted by Gasteiger charge is -2.21. The van der Waals surface area contributed by atoms with E-state index in [0.29, 0.717) is 15.2 Å². The maximum absolute atomic E-state index is 13.1. The number of sulfonamides is 1. The van der Waals surface area contributed by atoms with E-state index in [1.165, 1.54) is 60.5 Å². The van der Waals surface area contributed by atoms with Crippen molar-refractivity contribution in [3.05, 3.63) is 56.8 Å². The minimum atomic E-state index is -3.85. The molecule has 10 nitrogen and oxygen atoms in total. The van der Waals surface area contributed by atoms with Crippen LogP contribution < -0.4 is 4.80 Å². The number of amides is 1. The third kappa shape index (κ3) is 6.96. The van der Waals surface area contributed by atoms with Crippen LogP contribution in [-0.4, -0.2) is 76.8 Å². The normalized spacial score (nSPS) is 12.4. The van der Waals surface area contributed by atoms with Crippen LogP contribution in [0.15, 0.2) is 46.3 Å². The lowest BCUT2D eigenvalue weighted by molar-refractivity contribution is -0.141. The molecule has 1 heterocycles. The van der Waals surface area contributed by atoms with Crippen molar-refractivity contribution in [1.82, 2.24) is 8.87 Å². The van der Waals surface area contributed by atoms with Gasteiger partial charge in [0.05, 0.1) is 40.5 Å². The number of aromatic nitrogens is 1. The van der Waals surface area contributed by atoms with Crippen LogP contribution in [-0.2, 0) is 35.6 Å². The average molecular weight is 591 g/mol. The van der Waals surface area contributed by atoms with Crippen molar-refractivity contribution in [3.8, 4) is 0 Å². The van der Waals surface area contributed by atoms with Crippen LogP contribution in [0, 0.1) is 0 Å². The molecule has 0 bridgehead atoms. The van der Waals surface area contributed by atoms with Gasteiger partial charge >= 0.3 is 5.97 Å². The van der Waals surface area contributed by atoms with Crippen LogP contribution in [0.2, 0.25) is 10.0 Å². The molecule has 0 saturated heterocycles. The molecule has 0 aliphatic heterocycles. The van der Waals surface area contributed by atoms with Gasteiger partial charge in [0.15, 0.2) is 4.80 Å². The van der Waals surface area contributed by atoms with Gasteiger partial charge < -0.3 is 18.8 Å². The maximum Gasteiger partial charge on any atom is 0.325 e. The Bertz CT molecular complexity index is 1440. The minimum Gasteiger partial charge on any atom is -0.468 e. The fourth-order valence-electron chi connectivity index (χ4n) is 3.36. The van der Waals surface area contributed by atoms with Crippen LogP contribution in [0.4, 0.5) is 0 Å². The predicted molar refractivity (Wildman–Crippen MR) is 141 cm³/mol. The zero-order valence-corrected chi connectivity index (χ0v) is 23.4. The average Bonchev–Trinajstić information content (AvgIpc) is 3.20. The Balaban J connectivity index is 1.97. The van der Waals surface area contributed by atoms with Crippen molar-refractivity contribution in [1.29, 1.82) is 0 Å². The molecule has 2 aromatic carbocycles. The van der Waals surface area contributed by atoms with E-state index in [4.69, 9.17) is 37.4 Å². The standard InChI is InChI=1S/C23H25Cl2N3O7S2/c1-33-10-8-27(9-11-34-2)37(31,32)17-6-4-15(5-7-17)22(30)26-23-28(14-20(29)35-3)21-18(25)12-16(24)13-19(21)36-23/h4-7,12-13H,8-11,14H2,1-3H3. The summed E-state index contributed by atoms with van der Waals surface area (Å²) in [6.45, 7) is 0.510. The molecule has 0 saturated carbocycles. The van der Waals surface area contributed by atoms with Crippen molar-refractivity contribution in [2.75, 3.05) is 47.6 Å². The first-order valence-corrected chi connectivity index (χ1v) is 13.9. The molecule has 3 aromatic rings. The van der Waals surface area contributed by atoms with Crippen LogP contribution in [0.25, 0.3) is 10.2 Å². The SMILES string of the molecule is COCCN(CCOC)S(=O)(=O)c1ccc(C(=O)N=c2sc3cc(Cl)cc(Cl)c3n2CC(=O)OC)cc1. The third-order valence-electron chi connectivity index (χ3n) is 5.24. The van der Waals surface area contributed by atoms with Gasteiger partial charge in [-0.25, -0.2) is 8.42 Å². The number of thiazole rings is 1. The second kappa shape index (κ2) is 13.0. The number of hydrogen-bond donors (Lipinski definition) is 0. The van der Waals surface area contributed by atoms with Gasteiger partial charge in [-0.05, 0) is 36.4 Å². The number of rotatable bonds is 11. The number of ether oxygens (including phenoxy) is 3. The highest BCUT2D eigenvalue weighted by Crippen LogP contribution is 2.30. The smallest absolute Gasteiger partial charge is 0.325 e. The lowest BCUT2D eigenvalue weighted by Crippen LogP contribution is -2.36. The molecule has 14 heteroatoms. The van der Waals surface area contributed by atoms with Crippen LogP contribution in [0.5, 0.6) is 0 Å². The van der Waals surface area contributed by atoms with Crippen molar-refractivity contribution in [2.24, 2.45) is 4.99 Å². The Morgan fingerprint density at radius 1 is 1.03 bits per heavy atom. The number of fused-ring (bicyclic) bond motifs is 1. The quantitative estimate of drug-likeness (QED) is 0.315. The molecule has 0 atom stereocenters. The van der Waals surface area contributed by atoms with Crippen LogP contribution >= 0.6 is 34.5 Å².